The summed E-state index contributed by atoms with van der Waals surface area (Å²) < 4.78 is 0. The molecule has 0 bridgehead atoms. The van der Waals surface area contributed by atoms with Crippen LogP contribution in [0.25, 0.3) is 0 Å². The molecule has 6 heteroatoms. The van der Waals surface area contributed by atoms with Crippen molar-refractivity contribution in [3.63, 3.8) is 0 Å². The number of hydrogen-bond donors (Lipinski definition) is 3. The van der Waals surface area contributed by atoms with Gasteiger partial charge in [0.25, 0.3) is 0 Å². The van der Waals surface area contributed by atoms with E-state index in [0.29, 0.717) is 6.04 Å². The minimum atomic E-state index is 0. The van der Waals surface area contributed by atoms with Crippen molar-refractivity contribution in [1.82, 2.24) is 20.8 Å². The zero-order valence-electron chi connectivity index (χ0n) is 16.3. The largest absolute Gasteiger partial charge is 0.357 e. The van der Waals surface area contributed by atoms with E-state index in [1.54, 1.807) is 0 Å². The van der Waals surface area contributed by atoms with Gasteiger partial charge in [-0.25, -0.2) is 0 Å². The van der Waals surface area contributed by atoms with Crippen LogP contribution in [0.1, 0.15) is 64.1 Å². The SMILES string of the molecule is CCNC(=NCCCc1cn[nH]c1C)NC1CCC(C(C)C)CC1.I. The highest BCUT2D eigenvalue weighted by Crippen LogP contribution is 2.29. The molecule has 2 rings (SSSR count). The second-order valence-electron chi connectivity index (χ2n) is 7.38. The van der Waals surface area contributed by atoms with E-state index in [9.17, 15) is 0 Å². The molecule has 0 saturated heterocycles. The van der Waals surface area contributed by atoms with E-state index < -0.39 is 0 Å². The number of rotatable bonds is 7. The molecule has 1 aliphatic carbocycles. The Balaban J connectivity index is 0.00000312. The van der Waals surface area contributed by atoms with Crippen LogP contribution in [-0.2, 0) is 6.42 Å². The first-order valence-electron chi connectivity index (χ1n) is 9.63. The van der Waals surface area contributed by atoms with Gasteiger partial charge in [-0.05, 0) is 69.8 Å². The minimum absolute atomic E-state index is 0. The molecule has 0 atom stereocenters. The summed E-state index contributed by atoms with van der Waals surface area (Å²) in [6, 6.07) is 0.578. The first-order valence-corrected chi connectivity index (χ1v) is 9.63. The molecule has 1 aromatic heterocycles. The lowest BCUT2D eigenvalue weighted by molar-refractivity contribution is 0.250. The average Bonchev–Trinajstić information content (AvgIpc) is 2.97. The van der Waals surface area contributed by atoms with Crippen molar-refractivity contribution in [2.75, 3.05) is 13.1 Å². The highest BCUT2D eigenvalue weighted by atomic mass is 127. The first-order chi connectivity index (χ1) is 11.6. The van der Waals surface area contributed by atoms with E-state index in [-0.39, 0.29) is 24.0 Å². The van der Waals surface area contributed by atoms with Crippen LogP contribution >= 0.6 is 24.0 Å². The third-order valence-electron chi connectivity index (χ3n) is 5.21. The van der Waals surface area contributed by atoms with Crippen molar-refractivity contribution < 1.29 is 0 Å². The standard InChI is InChI=1S/C19H35N5.HI/c1-5-20-19(21-12-6-7-17-13-22-24-15(17)4)23-18-10-8-16(9-11-18)14(2)3;/h13-14,16,18H,5-12H2,1-4H3,(H,22,24)(H2,20,21,23);1H. The van der Waals surface area contributed by atoms with Gasteiger partial charge in [0.15, 0.2) is 5.96 Å². The molecule has 0 unspecified atom stereocenters. The number of hydrogen-bond acceptors (Lipinski definition) is 2. The highest BCUT2D eigenvalue weighted by molar-refractivity contribution is 14.0. The van der Waals surface area contributed by atoms with Crippen molar-refractivity contribution in [3.05, 3.63) is 17.5 Å². The molecule has 0 spiro atoms. The van der Waals surface area contributed by atoms with Crippen molar-refractivity contribution >= 4 is 29.9 Å². The fourth-order valence-corrected chi connectivity index (χ4v) is 3.53. The number of aromatic nitrogens is 2. The maximum absolute atomic E-state index is 4.75. The molecule has 0 aliphatic heterocycles. The van der Waals surface area contributed by atoms with Gasteiger partial charge in [-0.2, -0.15) is 5.10 Å². The van der Waals surface area contributed by atoms with Gasteiger partial charge < -0.3 is 10.6 Å². The number of nitrogens with one attached hydrogen (secondary N) is 3. The van der Waals surface area contributed by atoms with Crippen LogP contribution in [0.3, 0.4) is 0 Å². The first kappa shape index (κ1) is 22.3. The third-order valence-corrected chi connectivity index (χ3v) is 5.21. The number of aromatic amines is 1. The summed E-state index contributed by atoms with van der Waals surface area (Å²) in [5.41, 5.74) is 2.47. The summed E-state index contributed by atoms with van der Waals surface area (Å²) in [6.07, 6.45) is 9.23. The van der Waals surface area contributed by atoms with Crippen molar-refractivity contribution in [3.8, 4) is 0 Å². The third kappa shape index (κ3) is 7.54. The number of aliphatic imine (C=N–C) groups is 1. The molecule has 1 aliphatic rings. The Kier molecular flexibility index (Phi) is 10.5. The second-order valence-corrected chi connectivity index (χ2v) is 7.38. The van der Waals surface area contributed by atoms with Crippen LogP contribution in [-0.4, -0.2) is 35.3 Å². The van der Waals surface area contributed by atoms with Crippen LogP contribution < -0.4 is 10.6 Å². The molecule has 0 radical (unpaired) electrons. The zero-order chi connectivity index (χ0) is 17.4. The number of nitrogens with zero attached hydrogens (tertiary/aromatic N) is 2. The summed E-state index contributed by atoms with van der Waals surface area (Å²) in [7, 11) is 0. The van der Waals surface area contributed by atoms with Gasteiger partial charge in [0.1, 0.15) is 0 Å². The number of H-pyrrole nitrogens is 1. The van der Waals surface area contributed by atoms with Crippen molar-refractivity contribution in [1.29, 1.82) is 0 Å². The quantitative estimate of drug-likeness (QED) is 0.249. The monoisotopic (exact) mass is 461 g/mol. The fourth-order valence-electron chi connectivity index (χ4n) is 3.53. The molecule has 1 saturated carbocycles. The van der Waals surface area contributed by atoms with Gasteiger partial charge in [0, 0.05) is 24.8 Å². The second kappa shape index (κ2) is 11.8. The van der Waals surface area contributed by atoms with Gasteiger partial charge in [0.2, 0.25) is 0 Å². The predicted octanol–water partition coefficient (Wildman–Crippen LogP) is 4.04. The Morgan fingerprint density at radius 1 is 1.32 bits per heavy atom. The fraction of sp³-hybridized carbons (Fsp3) is 0.789. The molecule has 1 fully saturated rings. The molecule has 0 aromatic carbocycles. The minimum Gasteiger partial charge on any atom is -0.357 e. The molecule has 144 valence electrons. The van der Waals surface area contributed by atoms with Crippen LogP contribution in [0.15, 0.2) is 11.2 Å². The summed E-state index contributed by atoms with van der Waals surface area (Å²) in [5, 5.41) is 14.1. The van der Waals surface area contributed by atoms with Crippen LogP contribution in [0.5, 0.6) is 0 Å². The van der Waals surface area contributed by atoms with Crippen LogP contribution in [0.4, 0.5) is 0 Å². The maximum atomic E-state index is 4.75. The molecule has 1 heterocycles. The van der Waals surface area contributed by atoms with Crippen molar-refractivity contribution in [2.45, 2.75) is 72.3 Å². The lowest BCUT2D eigenvalue weighted by Gasteiger charge is -2.32. The van der Waals surface area contributed by atoms with E-state index in [2.05, 4.69) is 48.5 Å². The Labute approximate surface area is 170 Å². The molecule has 0 amide bonds. The number of halogens is 1. The average molecular weight is 461 g/mol. The molecule has 3 N–H and O–H groups in total. The predicted molar refractivity (Wildman–Crippen MR) is 117 cm³/mol. The molecule has 1 aromatic rings. The molecular weight excluding hydrogens is 425 g/mol. The van der Waals surface area contributed by atoms with Gasteiger partial charge >= 0.3 is 0 Å². The van der Waals surface area contributed by atoms with E-state index in [1.807, 2.05) is 6.20 Å². The van der Waals surface area contributed by atoms with Gasteiger partial charge in [0.05, 0.1) is 6.20 Å². The summed E-state index contributed by atoms with van der Waals surface area (Å²) >= 11 is 0. The summed E-state index contributed by atoms with van der Waals surface area (Å²) in [6.45, 7) is 10.7. The maximum Gasteiger partial charge on any atom is 0.191 e. The molecule has 5 nitrogen and oxygen atoms in total. The van der Waals surface area contributed by atoms with Crippen molar-refractivity contribution in [2.24, 2.45) is 16.8 Å². The normalized spacial score (nSPS) is 21.1. The summed E-state index contributed by atoms with van der Waals surface area (Å²) in [4.78, 5) is 4.75. The number of aryl methyl sites for hydroxylation is 2. The molecule has 25 heavy (non-hydrogen) atoms. The Morgan fingerprint density at radius 3 is 2.60 bits per heavy atom. The topological polar surface area (TPSA) is 65.1 Å². The van der Waals surface area contributed by atoms with Crippen LogP contribution in [0, 0.1) is 18.8 Å². The van der Waals surface area contributed by atoms with Gasteiger partial charge in [-0.1, -0.05) is 13.8 Å². The smallest absolute Gasteiger partial charge is 0.191 e. The molecular formula is C19H36IN5. The van der Waals surface area contributed by atoms with E-state index in [0.717, 1.165) is 43.7 Å². The van der Waals surface area contributed by atoms with Gasteiger partial charge in [-0.3, -0.25) is 10.1 Å². The van der Waals surface area contributed by atoms with E-state index in [1.165, 1.54) is 36.9 Å². The van der Waals surface area contributed by atoms with E-state index in [4.69, 9.17) is 4.99 Å². The lowest BCUT2D eigenvalue weighted by Crippen LogP contribution is -2.45. The highest BCUT2D eigenvalue weighted by Gasteiger charge is 2.23. The Hall–Kier alpha value is -0.790. The van der Waals surface area contributed by atoms with Gasteiger partial charge in [-0.15, -0.1) is 24.0 Å². The Morgan fingerprint density at radius 2 is 2.04 bits per heavy atom. The Bertz CT molecular complexity index is 504. The lowest BCUT2D eigenvalue weighted by atomic mass is 9.80. The zero-order valence-corrected chi connectivity index (χ0v) is 18.6. The van der Waals surface area contributed by atoms with E-state index >= 15 is 0 Å². The number of guanidine groups is 1. The van der Waals surface area contributed by atoms with Crippen LogP contribution in [0.2, 0.25) is 0 Å². The summed E-state index contributed by atoms with van der Waals surface area (Å²) in [5.74, 6) is 2.70.